The third kappa shape index (κ3) is 4.18. The predicted molar refractivity (Wildman–Crippen MR) is 75.5 cm³/mol. The number of carbonyl (C=O) groups is 1. The number of nitrogens with two attached hydrogens (primary N) is 1. The average Bonchev–Trinajstić information content (AvgIpc) is 2.39. The summed E-state index contributed by atoms with van der Waals surface area (Å²) in [5.41, 5.74) is 5.52. The maximum absolute atomic E-state index is 12.9. The molecule has 1 aromatic rings. The van der Waals surface area contributed by atoms with Crippen molar-refractivity contribution in [1.29, 1.82) is 0 Å². The molecule has 0 radical (unpaired) electrons. The Balaban J connectivity index is 2.73. The van der Waals surface area contributed by atoms with Gasteiger partial charge in [-0.15, -0.1) is 0 Å². The molecular weight excluding hydrogens is 315 g/mol. The van der Waals surface area contributed by atoms with Crippen LogP contribution in [0.5, 0.6) is 5.75 Å². The van der Waals surface area contributed by atoms with Crippen molar-refractivity contribution in [3.8, 4) is 5.75 Å². The van der Waals surface area contributed by atoms with E-state index in [4.69, 9.17) is 10.5 Å². The zero-order valence-corrected chi connectivity index (χ0v) is 12.8. The molecule has 106 valence electrons. The van der Waals surface area contributed by atoms with E-state index in [0.29, 0.717) is 16.8 Å². The Kier molecular flexibility index (Phi) is 5.75. The fourth-order valence-electron chi connectivity index (χ4n) is 1.47. The average molecular weight is 333 g/mol. The molecule has 4 nitrogen and oxygen atoms in total. The Labute approximate surface area is 120 Å². The van der Waals surface area contributed by atoms with Gasteiger partial charge in [0.25, 0.3) is 5.91 Å². The molecule has 0 saturated heterocycles. The van der Waals surface area contributed by atoms with Gasteiger partial charge in [-0.1, -0.05) is 0 Å². The van der Waals surface area contributed by atoms with Gasteiger partial charge in [-0.25, -0.2) is 4.39 Å². The number of rotatable bonds is 5. The van der Waals surface area contributed by atoms with E-state index in [2.05, 4.69) is 15.9 Å². The van der Waals surface area contributed by atoms with E-state index < -0.39 is 6.10 Å². The number of halogens is 2. The Bertz CT molecular complexity index is 456. The Morgan fingerprint density at radius 1 is 1.53 bits per heavy atom. The standard InChI is InChI=1S/C13H18BrFN2O2/c1-8(7-16)17(3)13(18)9(2)19-12-5-4-10(15)6-11(12)14/h4-6,8-9H,7,16H2,1-3H3. The van der Waals surface area contributed by atoms with Gasteiger partial charge in [0.2, 0.25) is 0 Å². The first-order valence-electron chi connectivity index (χ1n) is 5.95. The topological polar surface area (TPSA) is 55.6 Å². The zero-order chi connectivity index (χ0) is 14.6. The van der Waals surface area contributed by atoms with Gasteiger partial charge in [0.15, 0.2) is 6.10 Å². The largest absolute Gasteiger partial charge is 0.480 e. The molecule has 19 heavy (non-hydrogen) atoms. The second-order valence-corrected chi connectivity index (χ2v) is 5.22. The lowest BCUT2D eigenvalue weighted by Gasteiger charge is -2.27. The SMILES string of the molecule is CC(Oc1ccc(F)cc1Br)C(=O)N(C)C(C)CN. The summed E-state index contributed by atoms with van der Waals surface area (Å²) in [5.74, 6) is -0.114. The van der Waals surface area contributed by atoms with Crippen molar-refractivity contribution in [2.45, 2.75) is 26.0 Å². The van der Waals surface area contributed by atoms with E-state index in [1.54, 1.807) is 18.9 Å². The quantitative estimate of drug-likeness (QED) is 0.898. The highest BCUT2D eigenvalue weighted by Gasteiger charge is 2.22. The Hall–Kier alpha value is -1.14. The summed E-state index contributed by atoms with van der Waals surface area (Å²) in [5, 5.41) is 0. The van der Waals surface area contributed by atoms with Gasteiger partial charge in [0.1, 0.15) is 11.6 Å². The molecule has 0 spiro atoms. The van der Waals surface area contributed by atoms with Crippen LogP contribution in [-0.2, 0) is 4.79 Å². The van der Waals surface area contributed by atoms with Crippen molar-refractivity contribution in [3.05, 3.63) is 28.5 Å². The predicted octanol–water partition coefficient (Wildman–Crippen LogP) is 2.16. The smallest absolute Gasteiger partial charge is 0.263 e. The number of hydrogen-bond acceptors (Lipinski definition) is 3. The molecule has 2 N–H and O–H groups in total. The molecule has 0 aromatic heterocycles. The number of carbonyl (C=O) groups excluding carboxylic acids is 1. The van der Waals surface area contributed by atoms with E-state index in [1.165, 1.54) is 18.2 Å². The van der Waals surface area contributed by atoms with Crippen LogP contribution in [0.25, 0.3) is 0 Å². The molecule has 0 fully saturated rings. The first-order chi connectivity index (χ1) is 8.86. The number of ether oxygens (including phenoxy) is 1. The normalized spacial score (nSPS) is 13.8. The van der Waals surface area contributed by atoms with Gasteiger partial charge in [-0.05, 0) is 48.0 Å². The van der Waals surface area contributed by atoms with E-state index in [1.807, 2.05) is 6.92 Å². The van der Waals surface area contributed by atoms with Crippen molar-refractivity contribution in [1.82, 2.24) is 4.90 Å². The van der Waals surface area contributed by atoms with Crippen LogP contribution in [-0.4, -0.2) is 36.5 Å². The molecule has 0 aliphatic carbocycles. The fraction of sp³-hybridized carbons (Fsp3) is 0.462. The minimum atomic E-state index is -0.666. The number of nitrogens with zero attached hydrogens (tertiary/aromatic N) is 1. The van der Waals surface area contributed by atoms with Gasteiger partial charge >= 0.3 is 0 Å². The fourth-order valence-corrected chi connectivity index (χ4v) is 1.92. The summed E-state index contributed by atoms with van der Waals surface area (Å²) in [7, 11) is 1.68. The number of hydrogen-bond donors (Lipinski definition) is 1. The van der Waals surface area contributed by atoms with Gasteiger partial charge in [-0.2, -0.15) is 0 Å². The minimum Gasteiger partial charge on any atom is -0.480 e. The molecule has 0 heterocycles. The molecule has 2 atom stereocenters. The molecule has 1 rings (SSSR count). The van der Waals surface area contributed by atoms with Crippen LogP contribution in [0, 0.1) is 5.82 Å². The zero-order valence-electron chi connectivity index (χ0n) is 11.2. The van der Waals surface area contributed by atoms with Crippen LogP contribution in [0.4, 0.5) is 4.39 Å². The molecule has 1 aromatic carbocycles. The van der Waals surface area contributed by atoms with Gasteiger partial charge in [0, 0.05) is 19.6 Å². The molecule has 0 aliphatic heterocycles. The van der Waals surface area contributed by atoms with Crippen LogP contribution in [0.1, 0.15) is 13.8 Å². The van der Waals surface area contributed by atoms with Crippen molar-refractivity contribution in [2.75, 3.05) is 13.6 Å². The van der Waals surface area contributed by atoms with Gasteiger partial charge in [0.05, 0.1) is 4.47 Å². The molecule has 6 heteroatoms. The van der Waals surface area contributed by atoms with Gasteiger partial charge in [-0.3, -0.25) is 4.79 Å². The lowest BCUT2D eigenvalue weighted by atomic mass is 10.2. The second-order valence-electron chi connectivity index (χ2n) is 4.37. The van der Waals surface area contributed by atoms with Crippen molar-refractivity contribution in [3.63, 3.8) is 0 Å². The molecular formula is C13H18BrFN2O2. The maximum Gasteiger partial charge on any atom is 0.263 e. The van der Waals surface area contributed by atoms with E-state index >= 15 is 0 Å². The monoisotopic (exact) mass is 332 g/mol. The Morgan fingerprint density at radius 3 is 2.68 bits per heavy atom. The summed E-state index contributed by atoms with van der Waals surface area (Å²) in [4.78, 5) is 13.6. The van der Waals surface area contributed by atoms with Crippen molar-refractivity contribution >= 4 is 21.8 Å². The van der Waals surface area contributed by atoms with E-state index in [0.717, 1.165) is 0 Å². The lowest BCUT2D eigenvalue weighted by molar-refractivity contribution is -0.138. The van der Waals surface area contributed by atoms with Crippen LogP contribution in [0.15, 0.2) is 22.7 Å². The molecule has 0 bridgehead atoms. The minimum absolute atomic E-state index is 0.0600. The summed E-state index contributed by atoms with van der Waals surface area (Å²) >= 11 is 3.19. The highest BCUT2D eigenvalue weighted by molar-refractivity contribution is 9.10. The highest BCUT2D eigenvalue weighted by Crippen LogP contribution is 2.26. The Morgan fingerprint density at radius 2 is 2.16 bits per heavy atom. The molecule has 0 aliphatic rings. The van der Waals surface area contributed by atoms with Crippen LogP contribution in [0.2, 0.25) is 0 Å². The maximum atomic E-state index is 12.9. The summed E-state index contributed by atoms with van der Waals surface area (Å²) in [6.07, 6.45) is -0.666. The number of benzene rings is 1. The van der Waals surface area contributed by atoms with E-state index in [9.17, 15) is 9.18 Å². The first kappa shape index (κ1) is 15.9. The van der Waals surface area contributed by atoms with Gasteiger partial charge < -0.3 is 15.4 Å². The van der Waals surface area contributed by atoms with Crippen LogP contribution >= 0.6 is 15.9 Å². The lowest BCUT2D eigenvalue weighted by Crippen LogP contribution is -2.45. The molecule has 2 unspecified atom stereocenters. The third-order valence-corrected chi connectivity index (χ3v) is 3.52. The van der Waals surface area contributed by atoms with Crippen LogP contribution < -0.4 is 10.5 Å². The van der Waals surface area contributed by atoms with Crippen molar-refractivity contribution in [2.24, 2.45) is 5.73 Å². The summed E-state index contributed by atoms with van der Waals surface area (Å²) < 4.78 is 19.0. The number of amides is 1. The molecule has 1 amide bonds. The second kappa shape index (κ2) is 6.86. The van der Waals surface area contributed by atoms with Crippen molar-refractivity contribution < 1.29 is 13.9 Å². The van der Waals surface area contributed by atoms with E-state index in [-0.39, 0.29) is 17.8 Å². The number of likely N-dealkylation sites (N-methyl/N-ethyl adjacent to an activating group) is 1. The van der Waals surface area contributed by atoms with Crippen LogP contribution in [0.3, 0.4) is 0 Å². The molecule has 0 saturated carbocycles. The highest BCUT2D eigenvalue weighted by atomic mass is 79.9. The third-order valence-electron chi connectivity index (χ3n) is 2.90. The first-order valence-corrected chi connectivity index (χ1v) is 6.74. The summed E-state index contributed by atoms with van der Waals surface area (Å²) in [6.45, 7) is 3.89. The summed E-state index contributed by atoms with van der Waals surface area (Å²) in [6, 6.07) is 3.99.